The van der Waals surface area contributed by atoms with Gasteiger partial charge in [0.1, 0.15) is 17.5 Å². The quantitative estimate of drug-likeness (QED) is 0.862. The van der Waals surface area contributed by atoms with Gasteiger partial charge in [0, 0.05) is 32.5 Å². The Morgan fingerprint density at radius 3 is 2.78 bits per heavy atom. The monoisotopic (exact) mass is 334 g/mol. The highest BCUT2D eigenvalue weighted by Gasteiger charge is 2.27. The van der Waals surface area contributed by atoms with Crippen LogP contribution in [0.2, 0.25) is 5.02 Å². The fraction of sp³-hybridized carbons (Fsp3) is 0.438. The van der Waals surface area contributed by atoms with Crippen LogP contribution in [0.15, 0.2) is 30.5 Å². The van der Waals surface area contributed by atoms with Crippen LogP contribution in [0.4, 0.5) is 0 Å². The van der Waals surface area contributed by atoms with Gasteiger partial charge in [-0.1, -0.05) is 28.9 Å². The predicted octanol–water partition coefficient (Wildman–Crippen LogP) is 2.64. The number of likely N-dealkylation sites (tertiary alicyclic amines) is 1. The maximum absolute atomic E-state index is 12.5. The lowest BCUT2D eigenvalue weighted by molar-refractivity contribution is 0.0584. The third kappa shape index (κ3) is 3.47. The number of benzene rings is 1. The van der Waals surface area contributed by atoms with Gasteiger partial charge < -0.3 is 9.64 Å². The average molecular weight is 335 g/mol. The van der Waals surface area contributed by atoms with Crippen molar-refractivity contribution < 1.29 is 9.53 Å². The molecule has 1 aliphatic heterocycles. The molecule has 1 amide bonds. The van der Waals surface area contributed by atoms with E-state index >= 15 is 0 Å². The SMILES string of the molecule is CCn1nncc1C(=O)N1CCC(Oc2ccccc2Cl)CC1. The van der Waals surface area contributed by atoms with Gasteiger partial charge in [-0.05, 0) is 19.1 Å². The summed E-state index contributed by atoms with van der Waals surface area (Å²) in [6, 6.07) is 7.46. The van der Waals surface area contributed by atoms with Crippen molar-refractivity contribution in [2.24, 2.45) is 0 Å². The molecule has 0 bridgehead atoms. The lowest BCUT2D eigenvalue weighted by Crippen LogP contribution is -2.42. The molecule has 7 heteroatoms. The number of halogens is 1. The number of carbonyl (C=O) groups is 1. The number of nitrogens with zero attached hydrogens (tertiary/aromatic N) is 4. The van der Waals surface area contributed by atoms with Crippen LogP contribution in [-0.4, -0.2) is 45.0 Å². The van der Waals surface area contributed by atoms with E-state index in [1.807, 2.05) is 36.1 Å². The van der Waals surface area contributed by atoms with E-state index < -0.39 is 0 Å². The first-order valence-electron chi connectivity index (χ1n) is 7.78. The van der Waals surface area contributed by atoms with Crippen molar-refractivity contribution in [3.63, 3.8) is 0 Å². The molecule has 0 N–H and O–H groups in total. The summed E-state index contributed by atoms with van der Waals surface area (Å²) in [5.41, 5.74) is 0.540. The second-order valence-corrected chi connectivity index (χ2v) is 5.88. The van der Waals surface area contributed by atoms with Crippen molar-refractivity contribution in [1.82, 2.24) is 19.9 Å². The summed E-state index contributed by atoms with van der Waals surface area (Å²) >= 11 is 6.12. The summed E-state index contributed by atoms with van der Waals surface area (Å²) in [5, 5.41) is 8.34. The summed E-state index contributed by atoms with van der Waals surface area (Å²) in [6.45, 7) is 3.88. The van der Waals surface area contributed by atoms with Crippen molar-refractivity contribution in [2.75, 3.05) is 13.1 Å². The van der Waals surface area contributed by atoms with E-state index in [0.717, 1.165) is 12.8 Å². The van der Waals surface area contributed by atoms with E-state index in [2.05, 4.69) is 10.3 Å². The number of hydrogen-bond acceptors (Lipinski definition) is 4. The lowest BCUT2D eigenvalue weighted by atomic mass is 10.1. The minimum absolute atomic E-state index is 0.0203. The van der Waals surface area contributed by atoms with Gasteiger partial charge in [0.25, 0.3) is 5.91 Å². The second-order valence-electron chi connectivity index (χ2n) is 5.47. The summed E-state index contributed by atoms with van der Waals surface area (Å²) in [7, 11) is 0. The topological polar surface area (TPSA) is 60.2 Å². The number of piperidine rings is 1. The van der Waals surface area contributed by atoms with E-state index in [-0.39, 0.29) is 12.0 Å². The maximum Gasteiger partial charge on any atom is 0.273 e. The van der Waals surface area contributed by atoms with Gasteiger partial charge in [-0.3, -0.25) is 4.79 Å². The normalized spacial score (nSPS) is 15.7. The molecule has 122 valence electrons. The Hall–Kier alpha value is -2.08. The number of aromatic nitrogens is 3. The number of rotatable bonds is 4. The molecule has 1 saturated heterocycles. The number of aryl methyl sites for hydroxylation is 1. The van der Waals surface area contributed by atoms with Crippen LogP contribution in [0.25, 0.3) is 0 Å². The van der Waals surface area contributed by atoms with Crippen LogP contribution in [-0.2, 0) is 6.54 Å². The smallest absolute Gasteiger partial charge is 0.273 e. The van der Waals surface area contributed by atoms with Crippen molar-refractivity contribution in [1.29, 1.82) is 0 Å². The number of carbonyl (C=O) groups excluding carboxylic acids is 1. The minimum atomic E-state index is -0.0203. The Morgan fingerprint density at radius 2 is 2.09 bits per heavy atom. The molecule has 0 atom stereocenters. The summed E-state index contributed by atoms with van der Waals surface area (Å²) in [5.74, 6) is 0.681. The molecule has 0 aliphatic carbocycles. The van der Waals surface area contributed by atoms with Gasteiger partial charge in [0.15, 0.2) is 0 Å². The van der Waals surface area contributed by atoms with Crippen molar-refractivity contribution in [3.05, 3.63) is 41.2 Å². The number of ether oxygens (including phenoxy) is 1. The number of amides is 1. The van der Waals surface area contributed by atoms with Crippen LogP contribution in [0.5, 0.6) is 5.75 Å². The molecule has 0 radical (unpaired) electrons. The Bertz CT molecular complexity index is 680. The Morgan fingerprint density at radius 1 is 1.35 bits per heavy atom. The molecule has 1 fully saturated rings. The van der Waals surface area contributed by atoms with Crippen molar-refractivity contribution in [2.45, 2.75) is 32.4 Å². The van der Waals surface area contributed by atoms with Crippen LogP contribution in [0.1, 0.15) is 30.3 Å². The molecule has 2 aromatic rings. The number of para-hydroxylation sites is 1. The first-order valence-corrected chi connectivity index (χ1v) is 8.15. The van der Waals surface area contributed by atoms with Gasteiger partial charge in [-0.2, -0.15) is 0 Å². The summed E-state index contributed by atoms with van der Waals surface area (Å²) in [4.78, 5) is 14.4. The molecule has 23 heavy (non-hydrogen) atoms. The summed E-state index contributed by atoms with van der Waals surface area (Å²) < 4.78 is 7.57. The summed E-state index contributed by atoms with van der Waals surface area (Å²) in [6.07, 6.45) is 3.17. The van der Waals surface area contributed by atoms with E-state index in [9.17, 15) is 4.79 Å². The zero-order valence-corrected chi connectivity index (χ0v) is 13.7. The van der Waals surface area contributed by atoms with E-state index in [4.69, 9.17) is 16.3 Å². The minimum Gasteiger partial charge on any atom is -0.489 e. The van der Waals surface area contributed by atoms with Gasteiger partial charge in [0.05, 0.1) is 11.2 Å². The highest BCUT2D eigenvalue weighted by molar-refractivity contribution is 6.32. The standard InChI is InChI=1S/C16H19ClN4O2/c1-2-21-14(11-18-19-21)16(22)20-9-7-12(8-10-20)23-15-6-4-3-5-13(15)17/h3-6,11-12H,2,7-10H2,1H3. The van der Waals surface area contributed by atoms with Crippen LogP contribution >= 0.6 is 11.6 Å². The van der Waals surface area contributed by atoms with E-state index in [1.165, 1.54) is 6.20 Å². The van der Waals surface area contributed by atoms with Crippen LogP contribution < -0.4 is 4.74 Å². The van der Waals surface area contributed by atoms with Crippen molar-refractivity contribution >= 4 is 17.5 Å². The van der Waals surface area contributed by atoms with Crippen LogP contribution in [0, 0.1) is 0 Å². The lowest BCUT2D eigenvalue weighted by Gasteiger charge is -2.32. The molecule has 3 rings (SSSR count). The molecule has 2 heterocycles. The Kier molecular flexibility index (Phi) is 4.81. The molecule has 0 spiro atoms. The van der Waals surface area contributed by atoms with E-state index in [1.54, 1.807) is 4.68 Å². The van der Waals surface area contributed by atoms with Gasteiger partial charge in [0.2, 0.25) is 0 Å². The predicted molar refractivity (Wildman–Crippen MR) is 86.7 cm³/mol. The highest BCUT2D eigenvalue weighted by Crippen LogP contribution is 2.27. The van der Waals surface area contributed by atoms with Gasteiger partial charge in [-0.15, -0.1) is 5.10 Å². The average Bonchev–Trinajstić information content (AvgIpc) is 3.05. The molecular weight excluding hydrogens is 316 g/mol. The maximum atomic E-state index is 12.5. The third-order valence-corrected chi connectivity index (χ3v) is 4.31. The van der Waals surface area contributed by atoms with E-state index in [0.29, 0.717) is 36.1 Å². The number of hydrogen-bond donors (Lipinski definition) is 0. The van der Waals surface area contributed by atoms with Gasteiger partial charge >= 0.3 is 0 Å². The largest absolute Gasteiger partial charge is 0.489 e. The molecule has 6 nitrogen and oxygen atoms in total. The van der Waals surface area contributed by atoms with Crippen molar-refractivity contribution in [3.8, 4) is 5.75 Å². The highest BCUT2D eigenvalue weighted by atomic mass is 35.5. The zero-order valence-electron chi connectivity index (χ0n) is 13.0. The third-order valence-electron chi connectivity index (χ3n) is 4.00. The molecule has 0 unspecified atom stereocenters. The Labute approximate surface area is 140 Å². The first-order chi connectivity index (χ1) is 11.2. The fourth-order valence-electron chi connectivity index (χ4n) is 2.72. The molecule has 1 aromatic carbocycles. The molecule has 0 saturated carbocycles. The molecular formula is C16H19ClN4O2. The van der Waals surface area contributed by atoms with Crippen LogP contribution in [0.3, 0.4) is 0 Å². The van der Waals surface area contributed by atoms with Gasteiger partial charge in [-0.25, -0.2) is 4.68 Å². The fourth-order valence-corrected chi connectivity index (χ4v) is 2.90. The second kappa shape index (κ2) is 7.00. The molecule has 1 aliphatic rings. The first kappa shape index (κ1) is 15.8. The zero-order chi connectivity index (χ0) is 16.2. The molecule has 1 aromatic heterocycles. The Balaban J connectivity index is 1.58.